The number of fused-ring (bicyclic) bond motifs is 1. The second-order valence-electron chi connectivity index (χ2n) is 16.5. The summed E-state index contributed by atoms with van der Waals surface area (Å²) in [5.41, 5.74) is 9.59. The van der Waals surface area contributed by atoms with Gasteiger partial charge in [0.1, 0.15) is 17.7 Å². The van der Waals surface area contributed by atoms with Crippen LogP contribution < -0.4 is 10.7 Å². The minimum Gasteiger partial charge on any atom is -0.480 e. The standard InChI is InChI=1S/C42H60N6O7/c1-10-47-35-18-17-28(22-31(35)32(23-42(6,7)26-53-8)37(47)30-15-11-19-43-36(30)27(2)54-9)29-14-12-20-46(24-29)25-34(44-40(52)55-41(3,4)5)38(49)48-21-13-16-33(45-48)39(50)51/h11,14-15,17-19,22,27,33-34,45H,10,12-13,16,20-21,23-26H2,1-9H3,(H,44,52)(H,50,51)/t27-,33-,34?/m0/s1. The summed E-state index contributed by atoms with van der Waals surface area (Å²) in [7, 11) is 3.45. The first-order chi connectivity index (χ1) is 26.1. The number of benzene rings is 1. The predicted octanol–water partition coefficient (Wildman–Crippen LogP) is 6.21. The Balaban J connectivity index is 1.50. The molecule has 1 saturated heterocycles. The molecule has 3 N–H and O–H groups in total. The molecule has 2 aliphatic rings. The lowest BCUT2D eigenvalue weighted by Crippen LogP contribution is -2.62. The highest BCUT2D eigenvalue weighted by molar-refractivity contribution is 5.95. The van der Waals surface area contributed by atoms with Crippen LogP contribution in [0.15, 0.2) is 42.6 Å². The number of amides is 2. The zero-order valence-corrected chi connectivity index (χ0v) is 34.0. The van der Waals surface area contributed by atoms with Crippen molar-refractivity contribution in [1.82, 2.24) is 30.2 Å². The van der Waals surface area contributed by atoms with Gasteiger partial charge in [0.15, 0.2) is 0 Å². The van der Waals surface area contributed by atoms with E-state index in [-0.39, 0.29) is 18.1 Å². The molecule has 3 aromatic rings. The fourth-order valence-electron chi connectivity index (χ4n) is 7.79. The van der Waals surface area contributed by atoms with Crippen LogP contribution in [0.25, 0.3) is 27.7 Å². The zero-order chi connectivity index (χ0) is 40.1. The molecule has 0 spiro atoms. The smallest absolute Gasteiger partial charge is 0.408 e. The highest BCUT2D eigenvalue weighted by Gasteiger charge is 2.35. The molecule has 0 radical (unpaired) electrons. The number of carbonyl (C=O) groups is 3. The van der Waals surface area contributed by atoms with Crippen LogP contribution in [0.4, 0.5) is 4.79 Å². The van der Waals surface area contributed by atoms with E-state index in [1.165, 1.54) is 16.0 Å². The van der Waals surface area contributed by atoms with E-state index in [9.17, 15) is 19.5 Å². The summed E-state index contributed by atoms with van der Waals surface area (Å²) in [6, 6.07) is 8.95. The average Bonchev–Trinajstić information content (AvgIpc) is 3.44. The fraction of sp³-hybridized carbons (Fsp3) is 0.571. The molecule has 1 unspecified atom stereocenters. The lowest BCUT2D eigenvalue weighted by molar-refractivity contribution is -0.148. The van der Waals surface area contributed by atoms with Crippen LogP contribution in [0, 0.1) is 5.41 Å². The Morgan fingerprint density at radius 3 is 2.55 bits per heavy atom. The monoisotopic (exact) mass is 760 g/mol. The molecule has 13 heteroatoms. The SMILES string of the molecule is CCn1c(-c2cccnc2[C@H](C)OC)c(CC(C)(C)COC)c2cc(C3=CCCN(CC(NC(=O)OC(C)(C)C)C(=O)N4CCC[C@@H](C(=O)O)N4)C3)ccc21. The van der Waals surface area contributed by atoms with Crippen LogP contribution in [0.3, 0.4) is 0 Å². The highest BCUT2D eigenvalue weighted by atomic mass is 16.6. The fourth-order valence-corrected chi connectivity index (χ4v) is 7.79. The van der Waals surface area contributed by atoms with Gasteiger partial charge in [0.05, 0.1) is 24.1 Å². The number of carbonyl (C=O) groups excluding carboxylic acids is 2. The lowest BCUT2D eigenvalue weighted by Gasteiger charge is -2.36. The molecule has 13 nitrogen and oxygen atoms in total. The van der Waals surface area contributed by atoms with E-state index < -0.39 is 35.7 Å². The first-order valence-corrected chi connectivity index (χ1v) is 19.4. The maximum Gasteiger partial charge on any atom is 0.408 e. The van der Waals surface area contributed by atoms with E-state index in [1.807, 2.05) is 19.2 Å². The summed E-state index contributed by atoms with van der Waals surface area (Å²) in [5, 5.41) is 14.9. The number of nitrogens with zero attached hydrogens (tertiary/aromatic N) is 4. The molecule has 2 amide bonds. The van der Waals surface area contributed by atoms with Crippen LogP contribution in [0.1, 0.15) is 90.7 Å². The average molecular weight is 761 g/mol. The maximum atomic E-state index is 13.9. The van der Waals surface area contributed by atoms with E-state index >= 15 is 0 Å². The highest BCUT2D eigenvalue weighted by Crippen LogP contribution is 2.41. The van der Waals surface area contributed by atoms with Gasteiger partial charge in [-0.05, 0) is 107 Å². The van der Waals surface area contributed by atoms with Gasteiger partial charge in [0.2, 0.25) is 0 Å². The summed E-state index contributed by atoms with van der Waals surface area (Å²) in [6.07, 6.45) is 5.66. The van der Waals surface area contributed by atoms with Crippen LogP contribution in [-0.2, 0) is 36.8 Å². The van der Waals surface area contributed by atoms with E-state index in [1.54, 1.807) is 35.0 Å². The Kier molecular flexibility index (Phi) is 13.4. The van der Waals surface area contributed by atoms with E-state index in [4.69, 9.17) is 19.2 Å². The molecule has 2 aromatic heterocycles. The van der Waals surface area contributed by atoms with Gasteiger partial charge < -0.3 is 29.2 Å². The number of hydrogen-bond acceptors (Lipinski definition) is 9. The van der Waals surface area contributed by atoms with Crippen LogP contribution in [0.2, 0.25) is 0 Å². The van der Waals surface area contributed by atoms with Crippen LogP contribution >= 0.6 is 0 Å². The Hall–Kier alpha value is -4.30. The second-order valence-corrected chi connectivity index (χ2v) is 16.5. The second kappa shape index (κ2) is 17.7. The third-order valence-electron chi connectivity index (χ3n) is 10.3. The van der Waals surface area contributed by atoms with Crippen molar-refractivity contribution >= 4 is 34.4 Å². The van der Waals surface area contributed by atoms with Gasteiger partial charge in [-0.15, -0.1) is 0 Å². The molecule has 2 aliphatic heterocycles. The van der Waals surface area contributed by atoms with E-state index in [0.717, 1.165) is 53.0 Å². The van der Waals surface area contributed by atoms with Crippen LogP contribution in [-0.4, -0.2) is 107 Å². The van der Waals surface area contributed by atoms with Gasteiger partial charge in [-0.1, -0.05) is 26.0 Å². The third-order valence-corrected chi connectivity index (χ3v) is 10.3. The summed E-state index contributed by atoms with van der Waals surface area (Å²) < 4.78 is 19.4. The number of carboxylic acids is 1. The van der Waals surface area contributed by atoms with Crippen molar-refractivity contribution in [2.24, 2.45) is 5.41 Å². The van der Waals surface area contributed by atoms with Gasteiger partial charge >= 0.3 is 12.1 Å². The van der Waals surface area contributed by atoms with Crippen molar-refractivity contribution in [2.75, 3.05) is 47.0 Å². The Bertz CT molecular complexity index is 1880. The first kappa shape index (κ1) is 41.9. The van der Waals surface area contributed by atoms with E-state index in [2.05, 4.69) is 71.3 Å². The lowest BCUT2D eigenvalue weighted by atomic mass is 9.84. The normalized spacial score (nSPS) is 18.2. The predicted molar refractivity (Wildman–Crippen MR) is 213 cm³/mol. The Morgan fingerprint density at radius 1 is 1.11 bits per heavy atom. The number of hydrazine groups is 1. The minimum atomic E-state index is -1.02. The summed E-state index contributed by atoms with van der Waals surface area (Å²) >= 11 is 0. The van der Waals surface area contributed by atoms with Gasteiger partial charge in [-0.25, -0.2) is 10.2 Å². The molecule has 1 fully saturated rings. The molecule has 3 atom stereocenters. The largest absolute Gasteiger partial charge is 0.480 e. The number of nitrogens with one attached hydrogen (secondary N) is 2. The molecule has 1 aromatic carbocycles. The maximum absolute atomic E-state index is 13.9. The Labute approximate surface area is 325 Å². The van der Waals surface area contributed by atoms with E-state index in [0.29, 0.717) is 39.1 Å². The molecule has 4 heterocycles. The van der Waals surface area contributed by atoms with Gasteiger partial charge in [0.25, 0.3) is 5.91 Å². The topological polar surface area (TPSA) is 147 Å². The van der Waals surface area contributed by atoms with Crippen molar-refractivity contribution in [3.63, 3.8) is 0 Å². The summed E-state index contributed by atoms with van der Waals surface area (Å²) in [5.74, 6) is -1.42. The number of ether oxygens (including phenoxy) is 3. The van der Waals surface area contributed by atoms with Crippen molar-refractivity contribution in [3.05, 3.63) is 59.4 Å². The van der Waals surface area contributed by atoms with Gasteiger partial charge in [-0.3, -0.25) is 24.5 Å². The first-order valence-electron chi connectivity index (χ1n) is 19.4. The molecule has 5 rings (SSSR count). The quantitative estimate of drug-likeness (QED) is 0.173. The third kappa shape index (κ3) is 10.1. The minimum absolute atomic E-state index is 0.154. The number of hydrogen-bond donors (Lipinski definition) is 3. The molecule has 0 aliphatic carbocycles. The molecular formula is C42H60N6O7. The van der Waals surface area contributed by atoms with Crippen molar-refractivity contribution in [3.8, 4) is 11.3 Å². The number of rotatable bonds is 14. The van der Waals surface area contributed by atoms with Gasteiger partial charge in [0, 0.05) is 69.6 Å². The summed E-state index contributed by atoms with van der Waals surface area (Å²) in [6.45, 7) is 17.1. The molecular weight excluding hydrogens is 700 g/mol. The van der Waals surface area contributed by atoms with Crippen molar-refractivity contribution < 1.29 is 33.7 Å². The molecule has 55 heavy (non-hydrogen) atoms. The molecule has 0 saturated carbocycles. The van der Waals surface area contributed by atoms with Crippen molar-refractivity contribution in [1.29, 1.82) is 0 Å². The number of aliphatic carboxylic acids is 1. The Morgan fingerprint density at radius 2 is 1.87 bits per heavy atom. The number of pyridine rings is 1. The number of aromatic nitrogens is 2. The molecule has 300 valence electrons. The number of methoxy groups -OCH3 is 2. The molecule has 0 bridgehead atoms. The van der Waals surface area contributed by atoms with Crippen LogP contribution in [0.5, 0.6) is 0 Å². The number of aryl methyl sites for hydroxylation is 1. The summed E-state index contributed by atoms with van der Waals surface area (Å²) in [4.78, 5) is 45.7. The number of alkyl carbamates (subject to hydrolysis) is 1. The van der Waals surface area contributed by atoms with Crippen molar-refractivity contribution in [2.45, 2.75) is 104 Å². The number of carboxylic acid groups (broad SMARTS) is 1. The zero-order valence-electron chi connectivity index (χ0n) is 34.0. The van der Waals surface area contributed by atoms with Gasteiger partial charge in [-0.2, -0.15) is 0 Å².